The van der Waals surface area contributed by atoms with E-state index in [9.17, 15) is 0 Å². The van der Waals surface area contributed by atoms with Crippen LogP contribution in [0.25, 0.3) is 20.2 Å². The topological polar surface area (TPSA) is 6.48 Å². The Bertz CT molecular complexity index is 2480. The van der Waals surface area contributed by atoms with Crippen LogP contribution in [0.3, 0.4) is 0 Å². The Kier molecular flexibility index (Phi) is 10.5. The van der Waals surface area contributed by atoms with Gasteiger partial charge in [-0.15, -0.1) is 11.3 Å². The Morgan fingerprint density at radius 3 is 1.37 bits per heavy atom. The third-order valence-electron chi connectivity index (χ3n) is 11.2. The molecular formula is C53H59ClN2S. The molecule has 294 valence electrons. The van der Waals surface area contributed by atoms with Crippen LogP contribution in [0.5, 0.6) is 0 Å². The van der Waals surface area contributed by atoms with Gasteiger partial charge in [0.2, 0.25) is 0 Å². The van der Waals surface area contributed by atoms with E-state index in [4.69, 9.17) is 11.6 Å². The molecule has 0 fully saturated rings. The molecule has 0 aliphatic heterocycles. The molecule has 0 unspecified atom stereocenters. The summed E-state index contributed by atoms with van der Waals surface area (Å²) in [5.74, 6) is 0. The fraction of sp³-hybridized carbons (Fsp3) is 0.321. The summed E-state index contributed by atoms with van der Waals surface area (Å²) in [5, 5.41) is 3.18. The molecular weight excluding hydrogens is 732 g/mol. The summed E-state index contributed by atoms with van der Waals surface area (Å²) in [4.78, 5) is 4.77. The highest BCUT2D eigenvalue weighted by molar-refractivity contribution is 7.26. The van der Waals surface area contributed by atoms with Gasteiger partial charge in [0.05, 0.1) is 22.1 Å². The van der Waals surface area contributed by atoms with Crippen molar-refractivity contribution in [1.29, 1.82) is 0 Å². The SMILES string of the molecule is Cc1cc(N(c2ccc(C(C)(C)C)cc2)c2ccc(C(C)(C)C)cc2)c(Cl)c(N(c2cc(C(C)(C)C)cc(C(C)(C)C)c2)c2cccc3sc4ccccc4c23)c1. The molecule has 0 atom stereocenters. The van der Waals surface area contributed by atoms with E-state index in [1.807, 2.05) is 11.3 Å². The first-order valence-electron chi connectivity index (χ1n) is 20.3. The number of aryl methyl sites for hydroxylation is 1. The fourth-order valence-corrected chi connectivity index (χ4v) is 9.07. The first kappa shape index (κ1) is 40.6. The summed E-state index contributed by atoms with van der Waals surface area (Å²) < 4.78 is 2.53. The van der Waals surface area contributed by atoms with Crippen molar-refractivity contribution < 1.29 is 0 Å². The van der Waals surface area contributed by atoms with E-state index < -0.39 is 0 Å². The molecule has 1 aromatic heterocycles. The van der Waals surface area contributed by atoms with Crippen LogP contribution in [-0.4, -0.2) is 0 Å². The van der Waals surface area contributed by atoms with Gasteiger partial charge >= 0.3 is 0 Å². The monoisotopic (exact) mass is 790 g/mol. The molecule has 57 heavy (non-hydrogen) atoms. The number of nitrogens with zero attached hydrogens (tertiary/aromatic N) is 2. The number of hydrogen-bond acceptors (Lipinski definition) is 3. The van der Waals surface area contributed by atoms with E-state index in [1.165, 1.54) is 42.4 Å². The third-order valence-corrected chi connectivity index (χ3v) is 12.7. The minimum atomic E-state index is -0.0699. The molecule has 0 radical (unpaired) electrons. The van der Waals surface area contributed by atoms with Gasteiger partial charge in [-0.3, -0.25) is 0 Å². The summed E-state index contributed by atoms with van der Waals surface area (Å²) in [6.45, 7) is 29.6. The first-order chi connectivity index (χ1) is 26.6. The summed E-state index contributed by atoms with van der Waals surface area (Å²) >= 11 is 9.85. The van der Waals surface area contributed by atoms with E-state index >= 15 is 0 Å². The lowest BCUT2D eigenvalue weighted by Crippen LogP contribution is -2.20. The van der Waals surface area contributed by atoms with Gasteiger partial charge < -0.3 is 9.80 Å². The molecule has 7 aromatic rings. The van der Waals surface area contributed by atoms with Gasteiger partial charge in [0, 0.05) is 37.2 Å². The summed E-state index contributed by atoms with van der Waals surface area (Å²) in [6.07, 6.45) is 0. The van der Waals surface area contributed by atoms with Gasteiger partial charge in [-0.2, -0.15) is 0 Å². The van der Waals surface area contributed by atoms with Gasteiger partial charge in [0.15, 0.2) is 0 Å². The number of hydrogen-bond donors (Lipinski definition) is 0. The van der Waals surface area contributed by atoms with E-state index in [-0.39, 0.29) is 21.7 Å². The molecule has 0 saturated carbocycles. The highest BCUT2D eigenvalue weighted by Crippen LogP contribution is 2.51. The predicted molar refractivity (Wildman–Crippen MR) is 253 cm³/mol. The van der Waals surface area contributed by atoms with Gasteiger partial charge in [-0.1, -0.05) is 149 Å². The second-order valence-corrected chi connectivity index (χ2v) is 21.4. The van der Waals surface area contributed by atoms with Crippen molar-refractivity contribution in [2.24, 2.45) is 0 Å². The number of rotatable bonds is 6. The van der Waals surface area contributed by atoms with Crippen LogP contribution in [0, 0.1) is 6.92 Å². The standard InChI is InChI=1S/C53H59ClN2S/c1-34-29-44(55(39-25-21-35(22-26-39)50(2,3)4)40-27-23-36(24-28-40)51(5,6)7)49(54)45(30-34)56(41-32-37(52(8,9)10)31-38(33-41)53(11,12)13)43-18-16-20-47-48(43)42-17-14-15-19-46(42)57-47/h14-33H,1-13H3. The van der Waals surface area contributed by atoms with Gasteiger partial charge in [0.1, 0.15) is 0 Å². The van der Waals surface area contributed by atoms with Crippen molar-refractivity contribution >= 4 is 77.2 Å². The fourth-order valence-electron chi connectivity index (χ4n) is 7.66. The van der Waals surface area contributed by atoms with Crippen LogP contribution >= 0.6 is 22.9 Å². The largest absolute Gasteiger partial charge is 0.309 e. The minimum absolute atomic E-state index is 0.0344. The van der Waals surface area contributed by atoms with E-state index in [2.05, 4.69) is 221 Å². The zero-order valence-corrected chi connectivity index (χ0v) is 37.8. The molecule has 0 bridgehead atoms. The van der Waals surface area contributed by atoms with E-state index in [1.54, 1.807) is 0 Å². The molecule has 1 heterocycles. The lowest BCUT2D eigenvalue weighted by Gasteiger charge is -2.34. The van der Waals surface area contributed by atoms with Crippen molar-refractivity contribution in [3.8, 4) is 0 Å². The maximum Gasteiger partial charge on any atom is 0.0887 e. The normalized spacial score (nSPS) is 12.7. The van der Waals surface area contributed by atoms with Crippen LogP contribution in [0.15, 0.2) is 121 Å². The Morgan fingerprint density at radius 2 is 0.877 bits per heavy atom. The van der Waals surface area contributed by atoms with Crippen molar-refractivity contribution in [2.75, 3.05) is 9.80 Å². The molecule has 0 spiro atoms. The summed E-state index contributed by atoms with van der Waals surface area (Å²) in [7, 11) is 0. The zero-order valence-electron chi connectivity index (χ0n) is 36.2. The number of fused-ring (bicyclic) bond motifs is 3. The molecule has 2 nitrogen and oxygen atoms in total. The average molecular weight is 792 g/mol. The summed E-state index contributed by atoms with van der Waals surface area (Å²) in [5.41, 5.74) is 12.5. The molecule has 0 N–H and O–H groups in total. The number of anilines is 6. The van der Waals surface area contributed by atoms with Crippen molar-refractivity contribution in [1.82, 2.24) is 0 Å². The van der Waals surface area contributed by atoms with E-state index in [0.717, 1.165) is 39.7 Å². The minimum Gasteiger partial charge on any atom is -0.309 e. The van der Waals surface area contributed by atoms with Crippen LogP contribution in [0.4, 0.5) is 34.1 Å². The Labute approximate surface area is 351 Å². The predicted octanol–water partition coefficient (Wildman–Crippen LogP) is 17.1. The molecule has 0 aliphatic carbocycles. The maximum absolute atomic E-state index is 8.00. The Hall–Kier alpha value is -4.57. The smallest absolute Gasteiger partial charge is 0.0887 e. The van der Waals surface area contributed by atoms with Crippen LogP contribution in [0.1, 0.15) is 111 Å². The molecule has 6 aromatic carbocycles. The van der Waals surface area contributed by atoms with Crippen LogP contribution in [-0.2, 0) is 21.7 Å². The van der Waals surface area contributed by atoms with Crippen molar-refractivity contribution in [3.63, 3.8) is 0 Å². The first-order valence-corrected chi connectivity index (χ1v) is 21.5. The highest BCUT2D eigenvalue weighted by atomic mass is 35.5. The molecule has 0 saturated heterocycles. The van der Waals surface area contributed by atoms with Crippen molar-refractivity contribution in [3.05, 3.63) is 154 Å². The number of benzene rings is 6. The lowest BCUT2D eigenvalue weighted by molar-refractivity contribution is 0.569. The molecule has 0 amide bonds. The Balaban J connectivity index is 1.55. The quantitative estimate of drug-likeness (QED) is 0.166. The van der Waals surface area contributed by atoms with Crippen molar-refractivity contribution in [2.45, 2.75) is 112 Å². The molecule has 7 rings (SSSR count). The second-order valence-electron chi connectivity index (χ2n) is 19.9. The lowest BCUT2D eigenvalue weighted by atomic mass is 9.80. The molecule has 4 heteroatoms. The Morgan fingerprint density at radius 1 is 0.421 bits per heavy atom. The van der Waals surface area contributed by atoms with Crippen LogP contribution < -0.4 is 9.80 Å². The van der Waals surface area contributed by atoms with E-state index in [0.29, 0.717) is 5.02 Å². The summed E-state index contributed by atoms with van der Waals surface area (Å²) in [6, 6.07) is 45.2. The van der Waals surface area contributed by atoms with Gasteiger partial charge in [0.25, 0.3) is 0 Å². The third kappa shape index (κ3) is 8.12. The number of halogens is 1. The maximum atomic E-state index is 8.00. The second kappa shape index (κ2) is 14.7. The van der Waals surface area contributed by atoms with Crippen LogP contribution in [0.2, 0.25) is 5.02 Å². The average Bonchev–Trinajstić information content (AvgIpc) is 3.52. The van der Waals surface area contributed by atoms with Gasteiger partial charge in [-0.25, -0.2) is 0 Å². The highest BCUT2D eigenvalue weighted by Gasteiger charge is 2.29. The zero-order chi connectivity index (χ0) is 41.2. The number of thiophene rings is 1. The molecule has 0 aliphatic rings. The van der Waals surface area contributed by atoms with Gasteiger partial charge in [-0.05, 0) is 123 Å².